The molecule has 0 aliphatic carbocycles. The molecule has 0 aromatic heterocycles. The molecule has 0 bridgehead atoms. The smallest absolute Gasteiger partial charge is 0.00968 e. The molecule has 0 aliphatic heterocycles. The van der Waals surface area contributed by atoms with Gasteiger partial charge in [-0.3, -0.25) is 0 Å². The van der Waals surface area contributed by atoms with Gasteiger partial charge < -0.3 is 5.32 Å². The second-order valence-corrected chi connectivity index (χ2v) is 7.76. The van der Waals surface area contributed by atoms with Gasteiger partial charge in [0.15, 0.2) is 0 Å². The summed E-state index contributed by atoms with van der Waals surface area (Å²) in [6, 6.07) is 7.09. The molecule has 0 saturated carbocycles. The first kappa shape index (κ1) is 18.2. The van der Waals surface area contributed by atoms with E-state index in [1.165, 1.54) is 42.4 Å². The van der Waals surface area contributed by atoms with Gasteiger partial charge in [0.1, 0.15) is 0 Å². The lowest BCUT2D eigenvalue weighted by Gasteiger charge is -2.38. The van der Waals surface area contributed by atoms with Gasteiger partial charge in [0.25, 0.3) is 0 Å². The van der Waals surface area contributed by atoms with Crippen molar-refractivity contribution < 1.29 is 0 Å². The maximum atomic E-state index is 3.77. The summed E-state index contributed by atoms with van der Waals surface area (Å²) in [6.07, 6.45) is 4.98. The molecule has 1 rings (SSSR count). The van der Waals surface area contributed by atoms with Crippen LogP contribution in [-0.4, -0.2) is 12.1 Å². The lowest BCUT2D eigenvalue weighted by molar-refractivity contribution is 0.292. The van der Waals surface area contributed by atoms with Crippen LogP contribution in [0.2, 0.25) is 0 Å². The van der Waals surface area contributed by atoms with Gasteiger partial charge in [0.2, 0.25) is 0 Å². The maximum absolute atomic E-state index is 3.77. The second kappa shape index (κ2) is 7.45. The average Bonchev–Trinajstić information content (AvgIpc) is 2.34. The van der Waals surface area contributed by atoms with E-state index in [1.807, 2.05) is 0 Å². The van der Waals surface area contributed by atoms with Crippen molar-refractivity contribution >= 4 is 0 Å². The van der Waals surface area contributed by atoms with E-state index in [1.54, 1.807) is 0 Å². The number of hydrogen-bond donors (Lipinski definition) is 1. The fourth-order valence-corrected chi connectivity index (χ4v) is 3.36. The quantitative estimate of drug-likeness (QED) is 0.696. The SMILES string of the molecule is CCCC(CCC)(CNC(C)(C)C)c1cc(C)cc(C)c1. The van der Waals surface area contributed by atoms with Gasteiger partial charge in [-0.2, -0.15) is 0 Å². The Bertz CT molecular complexity index is 413. The van der Waals surface area contributed by atoms with Gasteiger partial charge in [0.05, 0.1) is 0 Å². The highest BCUT2D eigenvalue weighted by Crippen LogP contribution is 2.35. The summed E-state index contributed by atoms with van der Waals surface area (Å²) in [7, 11) is 0. The monoisotopic (exact) mass is 289 g/mol. The van der Waals surface area contributed by atoms with Gasteiger partial charge >= 0.3 is 0 Å². The minimum Gasteiger partial charge on any atom is -0.311 e. The van der Waals surface area contributed by atoms with Crippen molar-refractivity contribution in [2.75, 3.05) is 6.54 Å². The van der Waals surface area contributed by atoms with Crippen LogP contribution < -0.4 is 5.32 Å². The maximum Gasteiger partial charge on any atom is 0.00968 e. The van der Waals surface area contributed by atoms with Gasteiger partial charge in [-0.1, -0.05) is 56.0 Å². The Morgan fingerprint density at radius 1 is 0.857 bits per heavy atom. The zero-order chi connectivity index (χ0) is 16.1. The Morgan fingerprint density at radius 2 is 1.33 bits per heavy atom. The van der Waals surface area contributed by atoms with E-state index < -0.39 is 0 Å². The van der Waals surface area contributed by atoms with Crippen LogP contribution in [-0.2, 0) is 5.41 Å². The fraction of sp³-hybridized carbons (Fsp3) is 0.700. The van der Waals surface area contributed by atoms with Crippen molar-refractivity contribution in [2.45, 2.75) is 85.1 Å². The van der Waals surface area contributed by atoms with Crippen LogP contribution in [0.4, 0.5) is 0 Å². The minimum absolute atomic E-state index is 0.172. The first-order chi connectivity index (χ1) is 9.72. The molecule has 0 fully saturated rings. The predicted octanol–water partition coefficient (Wildman–Crippen LogP) is 5.53. The van der Waals surface area contributed by atoms with E-state index in [0.29, 0.717) is 0 Å². The Balaban J connectivity index is 3.20. The first-order valence-electron chi connectivity index (χ1n) is 8.56. The third kappa shape index (κ3) is 5.47. The average molecular weight is 290 g/mol. The van der Waals surface area contributed by atoms with Crippen molar-refractivity contribution in [3.63, 3.8) is 0 Å². The van der Waals surface area contributed by atoms with Crippen molar-refractivity contribution in [3.05, 3.63) is 34.9 Å². The number of nitrogens with one attached hydrogen (secondary N) is 1. The zero-order valence-corrected chi connectivity index (χ0v) is 15.3. The lowest BCUT2D eigenvalue weighted by Crippen LogP contribution is -2.46. The molecule has 120 valence electrons. The standard InChI is InChI=1S/C20H35N/c1-8-10-20(11-9-2,15-21-19(5,6)7)18-13-16(3)12-17(4)14-18/h12-14,21H,8-11,15H2,1-7H3. The molecule has 1 aromatic rings. The van der Waals surface area contributed by atoms with E-state index in [9.17, 15) is 0 Å². The molecule has 21 heavy (non-hydrogen) atoms. The first-order valence-corrected chi connectivity index (χ1v) is 8.56. The van der Waals surface area contributed by atoms with Crippen LogP contribution in [0, 0.1) is 13.8 Å². The molecule has 0 aliphatic rings. The van der Waals surface area contributed by atoms with Crippen molar-refractivity contribution in [3.8, 4) is 0 Å². The topological polar surface area (TPSA) is 12.0 Å². The molecule has 0 amide bonds. The van der Waals surface area contributed by atoms with E-state index in [0.717, 1.165) is 6.54 Å². The third-order valence-corrected chi connectivity index (χ3v) is 4.25. The molecule has 1 N–H and O–H groups in total. The molecule has 0 spiro atoms. The van der Waals surface area contributed by atoms with E-state index >= 15 is 0 Å². The molecule has 1 heteroatoms. The highest BCUT2D eigenvalue weighted by molar-refractivity contribution is 5.34. The molecule has 1 nitrogen and oxygen atoms in total. The van der Waals surface area contributed by atoms with Crippen LogP contribution in [0.25, 0.3) is 0 Å². The summed E-state index contributed by atoms with van der Waals surface area (Å²) in [6.45, 7) is 16.9. The van der Waals surface area contributed by atoms with Crippen LogP contribution >= 0.6 is 0 Å². The molecule has 0 unspecified atom stereocenters. The Hall–Kier alpha value is -0.820. The van der Waals surface area contributed by atoms with E-state index in [-0.39, 0.29) is 11.0 Å². The summed E-state index contributed by atoms with van der Waals surface area (Å²) in [5, 5.41) is 3.77. The van der Waals surface area contributed by atoms with Crippen molar-refractivity contribution in [2.24, 2.45) is 0 Å². The second-order valence-electron chi connectivity index (χ2n) is 7.76. The van der Waals surface area contributed by atoms with Crippen molar-refractivity contribution in [1.82, 2.24) is 5.32 Å². The molecule has 0 radical (unpaired) electrons. The van der Waals surface area contributed by atoms with Crippen LogP contribution in [0.1, 0.15) is 77.0 Å². The molecular weight excluding hydrogens is 254 g/mol. The minimum atomic E-state index is 0.172. The number of aryl methyl sites for hydroxylation is 2. The highest BCUT2D eigenvalue weighted by Gasteiger charge is 2.31. The zero-order valence-electron chi connectivity index (χ0n) is 15.3. The summed E-state index contributed by atoms with van der Waals surface area (Å²) in [4.78, 5) is 0. The normalized spacial score (nSPS) is 12.7. The summed E-state index contributed by atoms with van der Waals surface area (Å²) < 4.78 is 0. The van der Waals surface area contributed by atoms with Gasteiger partial charge in [-0.25, -0.2) is 0 Å². The number of hydrogen-bond acceptors (Lipinski definition) is 1. The summed E-state index contributed by atoms with van der Waals surface area (Å²) in [5.41, 5.74) is 4.74. The Kier molecular flexibility index (Phi) is 6.46. The van der Waals surface area contributed by atoms with Crippen LogP contribution in [0.3, 0.4) is 0 Å². The molecule has 0 atom stereocenters. The van der Waals surface area contributed by atoms with Crippen molar-refractivity contribution in [1.29, 1.82) is 0 Å². The highest BCUT2D eigenvalue weighted by atomic mass is 15.0. The Labute approximate surface area is 132 Å². The van der Waals surface area contributed by atoms with Gasteiger partial charge in [-0.15, -0.1) is 0 Å². The molecule has 0 heterocycles. The summed E-state index contributed by atoms with van der Waals surface area (Å²) >= 11 is 0. The molecule has 1 aromatic carbocycles. The van der Waals surface area contributed by atoms with Gasteiger partial charge in [0, 0.05) is 17.5 Å². The van der Waals surface area contributed by atoms with E-state index in [4.69, 9.17) is 0 Å². The fourth-order valence-electron chi connectivity index (χ4n) is 3.36. The predicted molar refractivity (Wildman–Crippen MR) is 95.2 cm³/mol. The van der Waals surface area contributed by atoms with Gasteiger partial charge in [-0.05, 0) is 53.0 Å². The van der Waals surface area contributed by atoms with E-state index in [2.05, 4.69) is 72.0 Å². The number of rotatable bonds is 7. The Morgan fingerprint density at radius 3 is 1.71 bits per heavy atom. The third-order valence-electron chi connectivity index (χ3n) is 4.25. The molecule has 0 saturated heterocycles. The lowest BCUT2D eigenvalue weighted by atomic mass is 9.72. The largest absolute Gasteiger partial charge is 0.311 e. The van der Waals surface area contributed by atoms with Crippen LogP contribution in [0.15, 0.2) is 18.2 Å². The molecular formula is C20H35N. The summed E-state index contributed by atoms with van der Waals surface area (Å²) in [5.74, 6) is 0. The van der Waals surface area contributed by atoms with Crippen LogP contribution in [0.5, 0.6) is 0 Å². The number of benzene rings is 1.